The average molecular weight is 682 g/mol. The number of nitrogens with two attached hydrogens (primary N) is 4. The SMILES string of the molecule is NC(=NCCCCCCN=C(N)/N=C(\N)Nc1ccc(Cl)cc1)/N=C(\N)Nc1ccc(Cl)cc1.O=C1O[C@H]([C@@H](O)CO)C(O)=C1O. The molecule has 46 heavy (non-hydrogen) atoms. The fourth-order valence-electron chi connectivity index (χ4n) is 3.52. The van der Waals surface area contributed by atoms with Gasteiger partial charge in [0.05, 0.1) is 6.61 Å². The number of hydrogen-bond acceptors (Lipinski definition) is 8. The molecule has 3 rings (SSSR count). The predicted molar refractivity (Wildman–Crippen MR) is 180 cm³/mol. The Balaban J connectivity index is 0.000000512. The number of aliphatic hydroxyl groups excluding tert-OH is 4. The van der Waals surface area contributed by atoms with E-state index in [-0.39, 0.29) is 23.8 Å². The molecule has 250 valence electrons. The number of carbonyl (C=O) groups is 1. The molecule has 0 saturated heterocycles. The van der Waals surface area contributed by atoms with E-state index in [1.54, 1.807) is 48.5 Å². The van der Waals surface area contributed by atoms with Crippen molar-refractivity contribution in [2.45, 2.75) is 37.9 Å². The number of unbranched alkanes of at least 4 members (excludes halogenated alkanes) is 3. The van der Waals surface area contributed by atoms with Gasteiger partial charge in [-0.15, -0.1) is 0 Å². The van der Waals surface area contributed by atoms with Gasteiger partial charge in [0.25, 0.3) is 0 Å². The van der Waals surface area contributed by atoms with Crippen molar-refractivity contribution < 1.29 is 30.0 Å². The van der Waals surface area contributed by atoms with E-state index >= 15 is 0 Å². The summed E-state index contributed by atoms with van der Waals surface area (Å²) in [6.07, 6.45) is 0.906. The standard InChI is InChI=1S/C22H30Cl2N10.C6H8O6/c23-15-5-9-17(10-6-15)31-21(27)33-19(25)29-13-3-1-2-4-14-30-20(26)34-22(28)32-18-11-7-16(24)8-12-18;7-1-2(8)5-3(9)4(10)6(11)12-5/h5-12H,1-4,13-14H2,(H5,25,27,29,31,33)(H5,26,28,30,32,34);2,5,7-10H,1H2/t;2-,5+/m.0/s1. The highest BCUT2D eigenvalue weighted by atomic mass is 35.5. The first-order chi connectivity index (χ1) is 21.9. The largest absolute Gasteiger partial charge is 0.505 e. The second-order valence-corrected chi connectivity index (χ2v) is 10.3. The third kappa shape index (κ3) is 13.9. The summed E-state index contributed by atoms with van der Waals surface area (Å²) in [7, 11) is 0. The minimum Gasteiger partial charge on any atom is -0.505 e. The lowest BCUT2D eigenvalue weighted by Gasteiger charge is -2.13. The zero-order chi connectivity index (χ0) is 34.1. The Kier molecular flexibility index (Phi) is 15.9. The molecule has 0 aromatic heterocycles. The zero-order valence-corrected chi connectivity index (χ0v) is 26.2. The van der Waals surface area contributed by atoms with Crippen LogP contribution in [-0.2, 0) is 9.53 Å². The van der Waals surface area contributed by atoms with Crippen molar-refractivity contribution in [2.24, 2.45) is 42.9 Å². The van der Waals surface area contributed by atoms with E-state index in [0.29, 0.717) is 23.1 Å². The van der Waals surface area contributed by atoms with E-state index in [1.165, 1.54) is 0 Å². The maximum absolute atomic E-state index is 10.5. The molecule has 2 aromatic rings. The summed E-state index contributed by atoms with van der Waals surface area (Å²) >= 11 is 11.7. The third-order valence-electron chi connectivity index (χ3n) is 5.79. The lowest BCUT2D eigenvalue weighted by molar-refractivity contribution is -0.147. The van der Waals surface area contributed by atoms with E-state index in [2.05, 4.69) is 35.3 Å². The fraction of sp³-hybridized carbons (Fsp3) is 0.321. The summed E-state index contributed by atoms with van der Waals surface area (Å²) in [5.41, 5.74) is 24.8. The Morgan fingerprint density at radius 3 is 1.54 bits per heavy atom. The van der Waals surface area contributed by atoms with Crippen LogP contribution in [0.15, 0.2) is 80.0 Å². The first-order valence-electron chi connectivity index (χ1n) is 13.8. The molecular weight excluding hydrogens is 643 g/mol. The van der Waals surface area contributed by atoms with Crippen molar-refractivity contribution in [2.75, 3.05) is 30.3 Å². The van der Waals surface area contributed by atoms with Crippen LogP contribution in [-0.4, -0.2) is 82.1 Å². The minimum absolute atomic E-state index is 0.124. The molecule has 0 amide bonds. The van der Waals surface area contributed by atoms with Gasteiger partial charge in [-0.25, -0.2) is 4.79 Å². The Morgan fingerprint density at radius 2 is 1.20 bits per heavy atom. The van der Waals surface area contributed by atoms with Crippen molar-refractivity contribution in [3.63, 3.8) is 0 Å². The Bertz CT molecular complexity index is 1350. The molecule has 18 heteroatoms. The third-order valence-corrected chi connectivity index (χ3v) is 6.30. The van der Waals surface area contributed by atoms with Crippen molar-refractivity contribution in [1.29, 1.82) is 0 Å². The maximum atomic E-state index is 10.5. The van der Waals surface area contributed by atoms with E-state index in [0.717, 1.165) is 37.1 Å². The van der Waals surface area contributed by atoms with Crippen molar-refractivity contribution >= 4 is 64.4 Å². The molecular formula is C28H38Cl2N10O6. The van der Waals surface area contributed by atoms with E-state index in [1.807, 2.05) is 0 Å². The van der Waals surface area contributed by atoms with E-state index < -0.39 is 36.3 Å². The normalized spacial score (nSPS) is 16.4. The molecule has 0 aliphatic carbocycles. The van der Waals surface area contributed by atoms with Gasteiger partial charge in [0.2, 0.25) is 29.6 Å². The van der Waals surface area contributed by atoms with Gasteiger partial charge in [-0.3, -0.25) is 9.98 Å². The summed E-state index contributed by atoms with van der Waals surface area (Å²) in [6.45, 7) is 0.452. The van der Waals surface area contributed by atoms with Gasteiger partial charge in [0, 0.05) is 34.5 Å². The molecule has 2 aromatic carbocycles. The molecule has 1 aliphatic heterocycles. The molecule has 0 saturated carbocycles. The Hall–Kier alpha value is -4.77. The number of hydrogen-bond donors (Lipinski definition) is 10. The first kappa shape index (κ1) is 37.4. The highest BCUT2D eigenvalue weighted by Crippen LogP contribution is 2.21. The average Bonchev–Trinajstić information content (AvgIpc) is 3.27. The highest BCUT2D eigenvalue weighted by molar-refractivity contribution is 6.31. The minimum atomic E-state index is -1.42. The number of carbonyl (C=O) groups excluding carboxylic acids is 1. The molecule has 0 unspecified atom stereocenters. The number of aliphatic hydroxyl groups is 4. The molecule has 0 fully saturated rings. The molecule has 0 spiro atoms. The number of esters is 1. The van der Waals surface area contributed by atoms with Crippen LogP contribution in [0.1, 0.15) is 25.7 Å². The van der Waals surface area contributed by atoms with Crippen LogP contribution in [0.5, 0.6) is 0 Å². The summed E-state index contributed by atoms with van der Waals surface area (Å²) in [5.74, 6) is -2.21. The maximum Gasteiger partial charge on any atom is 0.377 e. The number of anilines is 2. The summed E-state index contributed by atoms with van der Waals surface area (Å²) < 4.78 is 4.32. The van der Waals surface area contributed by atoms with Gasteiger partial charge < -0.3 is 58.7 Å². The van der Waals surface area contributed by atoms with E-state index in [9.17, 15) is 4.79 Å². The van der Waals surface area contributed by atoms with Crippen LogP contribution in [0.4, 0.5) is 11.4 Å². The lowest BCUT2D eigenvalue weighted by Crippen LogP contribution is -2.31. The molecule has 0 radical (unpaired) electrons. The number of benzene rings is 2. The van der Waals surface area contributed by atoms with Gasteiger partial charge in [0.1, 0.15) is 6.10 Å². The topological polar surface area (TPSA) is 285 Å². The number of nitrogens with zero attached hydrogens (tertiary/aromatic N) is 4. The van der Waals surface area contributed by atoms with Gasteiger partial charge in [-0.2, -0.15) is 9.98 Å². The van der Waals surface area contributed by atoms with Crippen molar-refractivity contribution in [1.82, 2.24) is 0 Å². The quantitative estimate of drug-likeness (QED) is 0.0705. The number of guanidine groups is 4. The summed E-state index contributed by atoms with van der Waals surface area (Å²) in [4.78, 5) is 27.0. The zero-order valence-electron chi connectivity index (χ0n) is 24.7. The lowest BCUT2D eigenvalue weighted by atomic mass is 10.2. The van der Waals surface area contributed by atoms with Gasteiger partial charge >= 0.3 is 5.97 Å². The number of nitrogens with one attached hydrogen (secondary N) is 2. The van der Waals surface area contributed by atoms with Crippen LogP contribution < -0.4 is 33.6 Å². The fourth-order valence-corrected chi connectivity index (χ4v) is 3.77. The molecule has 14 N–H and O–H groups in total. The first-order valence-corrected chi connectivity index (χ1v) is 14.6. The second-order valence-electron chi connectivity index (χ2n) is 9.46. The molecule has 1 aliphatic rings. The van der Waals surface area contributed by atoms with Gasteiger partial charge in [-0.05, 0) is 61.4 Å². The van der Waals surface area contributed by atoms with E-state index in [4.69, 9.17) is 66.6 Å². The summed E-state index contributed by atoms with van der Waals surface area (Å²) in [6, 6.07) is 14.1. The monoisotopic (exact) mass is 680 g/mol. The highest BCUT2D eigenvalue weighted by Gasteiger charge is 2.38. The van der Waals surface area contributed by atoms with Crippen molar-refractivity contribution in [3.8, 4) is 0 Å². The number of ether oxygens (including phenoxy) is 1. The van der Waals surface area contributed by atoms with Crippen molar-refractivity contribution in [3.05, 3.63) is 70.1 Å². The van der Waals surface area contributed by atoms with Gasteiger partial charge in [-0.1, -0.05) is 36.0 Å². The molecule has 0 bridgehead atoms. The van der Waals surface area contributed by atoms with Crippen LogP contribution >= 0.6 is 23.2 Å². The Morgan fingerprint density at radius 1 is 0.783 bits per heavy atom. The number of cyclic esters (lactones) is 1. The number of halogens is 2. The predicted octanol–water partition coefficient (Wildman–Crippen LogP) is 1.93. The molecule has 1 heterocycles. The van der Waals surface area contributed by atoms with Crippen LogP contribution in [0.25, 0.3) is 0 Å². The van der Waals surface area contributed by atoms with Crippen LogP contribution in [0.2, 0.25) is 10.0 Å². The number of aliphatic imine (C=N–C) groups is 4. The Labute approximate surface area is 275 Å². The molecule has 2 atom stereocenters. The van der Waals surface area contributed by atoms with Crippen LogP contribution in [0.3, 0.4) is 0 Å². The smallest absolute Gasteiger partial charge is 0.377 e. The van der Waals surface area contributed by atoms with Gasteiger partial charge in [0.15, 0.2) is 11.9 Å². The molecule has 16 nitrogen and oxygen atoms in total. The van der Waals surface area contributed by atoms with Crippen LogP contribution in [0, 0.1) is 0 Å². The second kappa shape index (κ2) is 19.6. The summed E-state index contributed by atoms with van der Waals surface area (Å²) in [5, 5.41) is 42.2. The number of rotatable bonds is 11.